The van der Waals surface area contributed by atoms with Gasteiger partial charge in [0.1, 0.15) is 17.1 Å². The second-order valence-electron chi connectivity index (χ2n) is 7.30. The number of carbonyl (C=O) groups is 2. The number of ether oxygens (including phenoxy) is 2. The molecule has 1 aromatic heterocycles. The first-order valence-corrected chi connectivity index (χ1v) is 9.72. The Bertz CT molecular complexity index is 1050. The predicted molar refractivity (Wildman–Crippen MR) is 112 cm³/mol. The Morgan fingerprint density at radius 1 is 1.28 bits per heavy atom. The molecule has 1 aromatic carbocycles. The number of hydrogen-bond acceptors (Lipinski definition) is 8. The van der Waals surface area contributed by atoms with Gasteiger partial charge in [-0.25, -0.2) is 24.9 Å². The third-order valence-electron chi connectivity index (χ3n) is 4.88. The van der Waals surface area contributed by atoms with E-state index in [9.17, 15) is 14.7 Å². The van der Waals surface area contributed by atoms with Crippen LogP contribution in [0.3, 0.4) is 0 Å². The van der Waals surface area contributed by atoms with Crippen LogP contribution in [0.4, 0.5) is 0 Å². The van der Waals surface area contributed by atoms with Crippen LogP contribution in [0, 0.1) is 5.92 Å². The van der Waals surface area contributed by atoms with Gasteiger partial charge in [0.05, 0.1) is 24.6 Å². The molecule has 2 aromatic rings. The number of benzene rings is 1. The number of aromatic carboxylic acids is 1. The van der Waals surface area contributed by atoms with E-state index in [0.717, 1.165) is 12.4 Å². The van der Waals surface area contributed by atoms with Crippen LogP contribution in [0.5, 0.6) is 17.4 Å². The number of carboxylic acids is 1. The van der Waals surface area contributed by atoms with E-state index in [1.807, 2.05) is 6.92 Å². The molecule has 1 heterocycles. The van der Waals surface area contributed by atoms with E-state index in [2.05, 4.69) is 20.6 Å². The summed E-state index contributed by atoms with van der Waals surface area (Å²) in [6.07, 6.45) is 5.93. The van der Waals surface area contributed by atoms with Crippen molar-refractivity contribution in [1.82, 2.24) is 20.6 Å². The molecule has 0 radical (unpaired) electrons. The van der Waals surface area contributed by atoms with E-state index in [0.29, 0.717) is 12.2 Å². The molecule has 6 N–H and O–H groups in total. The SMILES string of the molecule is CN/C=C\C(=[NH2+])NC(=O)c1cc(Oc2cnc(C(=O)O)cn2)cc(OC2(CO)CC2C)c1. The lowest BCUT2D eigenvalue weighted by Gasteiger charge is -2.18. The summed E-state index contributed by atoms with van der Waals surface area (Å²) in [5.74, 6) is -0.907. The Labute approximate surface area is 183 Å². The Morgan fingerprint density at radius 3 is 2.56 bits per heavy atom. The van der Waals surface area contributed by atoms with Gasteiger partial charge < -0.3 is 25.0 Å². The zero-order chi connectivity index (χ0) is 23.3. The molecule has 0 bridgehead atoms. The summed E-state index contributed by atoms with van der Waals surface area (Å²) in [5, 5.41) is 29.7. The lowest BCUT2D eigenvalue weighted by atomic mass is 10.1. The molecule has 168 valence electrons. The van der Waals surface area contributed by atoms with Gasteiger partial charge in [-0.1, -0.05) is 6.92 Å². The Kier molecular flexibility index (Phi) is 6.69. The molecule has 11 nitrogen and oxygen atoms in total. The normalized spacial score (nSPS) is 19.3. The van der Waals surface area contributed by atoms with Gasteiger partial charge in [0.2, 0.25) is 5.88 Å². The smallest absolute Gasteiger partial charge is 0.356 e. The van der Waals surface area contributed by atoms with Gasteiger partial charge in [0, 0.05) is 31.3 Å². The van der Waals surface area contributed by atoms with E-state index >= 15 is 0 Å². The second-order valence-corrected chi connectivity index (χ2v) is 7.30. The lowest BCUT2D eigenvalue weighted by Crippen LogP contribution is -2.49. The first-order chi connectivity index (χ1) is 15.3. The van der Waals surface area contributed by atoms with E-state index in [1.165, 1.54) is 18.2 Å². The molecule has 11 heteroatoms. The predicted octanol–water partition coefficient (Wildman–Crippen LogP) is -0.263. The number of nitrogens with zero attached hydrogens (tertiary/aromatic N) is 2. The second kappa shape index (κ2) is 9.43. The lowest BCUT2D eigenvalue weighted by molar-refractivity contribution is -0.115. The maximum atomic E-state index is 12.7. The van der Waals surface area contributed by atoms with Crippen LogP contribution >= 0.6 is 0 Å². The first kappa shape index (κ1) is 22.7. The summed E-state index contributed by atoms with van der Waals surface area (Å²) in [5.41, 5.74) is -0.756. The van der Waals surface area contributed by atoms with Crippen LogP contribution < -0.4 is 25.5 Å². The molecule has 32 heavy (non-hydrogen) atoms. The summed E-state index contributed by atoms with van der Waals surface area (Å²) < 4.78 is 11.6. The molecule has 1 amide bonds. The summed E-state index contributed by atoms with van der Waals surface area (Å²) in [6.45, 7) is 1.78. The van der Waals surface area contributed by atoms with Crippen molar-refractivity contribution in [2.75, 3.05) is 13.7 Å². The van der Waals surface area contributed by atoms with Gasteiger partial charge in [-0.05, 0) is 18.6 Å². The highest BCUT2D eigenvalue weighted by Crippen LogP contribution is 2.46. The molecule has 0 saturated heterocycles. The largest absolute Gasteiger partial charge is 0.484 e. The van der Waals surface area contributed by atoms with Crippen molar-refractivity contribution in [2.45, 2.75) is 18.9 Å². The van der Waals surface area contributed by atoms with Gasteiger partial charge in [0.15, 0.2) is 5.69 Å². The number of amides is 1. The summed E-state index contributed by atoms with van der Waals surface area (Å²) in [6, 6.07) is 4.50. The van der Waals surface area contributed by atoms with Crippen LogP contribution in [0.1, 0.15) is 34.2 Å². The number of amidine groups is 1. The van der Waals surface area contributed by atoms with Crippen molar-refractivity contribution in [3.8, 4) is 17.4 Å². The molecule has 2 unspecified atom stereocenters. The van der Waals surface area contributed by atoms with E-state index in [1.54, 1.807) is 19.3 Å². The molecule has 3 rings (SSSR count). The van der Waals surface area contributed by atoms with Crippen LogP contribution in [0.2, 0.25) is 0 Å². The van der Waals surface area contributed by atoms with E-state index in [-0.39, 0.29) is 41.2 Å². The topological polar surface area (TPSA) is 168 Å². The monoisotopic (exact) mass is 442 g/mol. The zero-order valence-electron chi connectivity index (χ0n) is 17.5. The maximum absolute atomic E-state index is 12.7. The molecule has 1 aliphatic carbocycles. The molecular weight excluding hydrogens is 418 g/mol. The zero-order valence-corrected chi connectivity index (χ0v) is 17.5. The number of aromatic nitrogens is 2. The first-order valence-electron chi connectivity index (χ1n) is 9.72. The van der Waals surface area contributed by atoms with E-state index in [4.69, 9.17) is 20.0 Å². The minimum atomic E-state index is -1.22. The highest BCUT2D eigenvalue weighted by molar-refractivity contribution is 6.08. The van der Waals surface area contributed by atoms with Gasteiger partial charge in [0.25, 0.3) is 5.84 Å². The molecule has 2 atom stereocenters. The Hall–Kier alpha value is -3.99. The van der Waals surface area contributed by atoms with Crippen LogP contribution in [-0.2, 0) is 0 Å². The highest BCUT2D eigenvalue weighted by Gasteiger charge is 2.53. The average Bonchev–Trinajstić information content (AvgIpc) is 3.41. The number of aliphatic hydroxyl groups is 1. The highest BCUT2D eigenvalue weighted by atomic mass is 16.5. The van der Waals surface area contributed by atoms with Gasteiger partial charge in [-0.2, -0.15) is 0 Å². The number of carboxylic acid groups (broad SMARTS) is 1. The summed E-state index contributed by atoms with van der Waals surface area (Å²) in [7, 11) is 1.69. The van der Waals surface area contributed by atoms with Crippen molar-refractivity contribution >= 4 is 17.7 Å². The minimum absolute atomic E-state index is 0.0261. The Balaban J connectivity index is 1.87. The summed E-state index contributed by atoms with van der Waals surface area (Å²) in [4.78, 5) is 31.3. The molecule has 0 spiro atoms. The molecule has 0 aliphatic heterocycles. The van der Waals surface area contributed by atoms with Gasteiger partial charge in [-0.15, -0.1) is 0 Å². The molecule has 1 fully saturated rings. The van der Waals surface area contributed by atoms with Crippen LogP contribution in [-0.4, -0.2) is 57.1 Å². The fourth-order valence-electron chi connectivity index (χ4n) is 2.93. The van der Waals surface area contributed by atoms with Crippen molar-refractivity contribution in [3.05, 3.63) is 54.1 Å². The van der Waals surface area contributed by atoms with Crippen molar-refractivity contribution in [2.24, 2.45) is 5.92 Å². The quantitative estimate of drug-likeness (QED) is 0.259. The third kappa shape index (κ3) is 5.38. The van der Waals surface area contributed by atoms with Crippen molar-refractivity contribution in [3.63, 3.8) is 0 Å². The average molecular weight is 442 g/mol. The third-order valence-corrected chi connectivity index (χ3v) is 4.88. The number of nitrogens with two attached hydrogens (primary N) is 1. The van der Waals surface area contributed by atoms with Gasteiger partial charge in [-0.3, -0.25) is 5.41 Å². The van der Waals surface area contributed by atoms with Gasteiger partial charge >= 0.3 is 11.9 Å². The van der Waals surface area contributed by atoms with Crippen molar-refractivity contribution in [1.29, 1.82) is 0 Å². The maximum Gasteiger partial charge on any atom is 0.356 e. The number of rotatable bonds is 9. The number of aliphatic hydroxyl groups excluding tert-OH is 1. The van der Waals surface area contributed by atoms with E-state index < -0.39 is 17.5 Å². The molecule has 1 aliphatic rings. The summed E-state index contributed by atoms with van der Waals surface area (Å²) >= 11 is 0. The van der Waals surface area contributed by atoms with Crippen molar-refractivity contribution < 1.29 is 34.7 Å². The fraction of sp³-hybridized carbons (Fsp3) is 0.286. The minimum Gasteiger partial charge on any atom is -0.484 e. The number of carbonyl (C=O) groups excluding carboxylic acids is 1. The Morgan fingerprint density at radius 2 is 2.00 bits per heavy atom. The number of nitrogens with one attached hydrogen (secondary N) is 2. The number of hydrogen-bond donors (Lipinski definition) is 5. The molecular formula is C21H24N5O6+. The van der Waals surface area contributed by atoms with Crippen LogP contribution in [0.15, 0.2) is 42.9 Å². The fourth-order valence-corrected chi connectivity index (χ4v) is 2.93. The molecule has 1 saturated carbocycles. The standard InChI is InChI=1S/C21H23N5O6/c1-12-8-21(12,11-27)32-15-6-13(19(28)26-17(22)3-4-23-2)5-14(7-15)31-18-10-24-16(9-25-18)20(29)30/h3-7,9-10,12,23,27H,8,11H2,1-2H3,(H,29,30)(H2,22,26,28)/p+1/b4-3-. The van der Waals surface area contributed by atoms with Crippen LogP contribution in [0.25, 0.3) is 0 Å².